The number of aliphatic hydroxyl groups excluding tert-OH is 7. The van der Waals surface area contributed by atoms with Crippen molar-refractivity contribution in [3.63, 3.8) is 0 Å². The van der Waals surface area contributed by atoms with E-state index in [-0.39, 0.29) is 32.1 Å². The molecule has 15 nitrogen and oxygen atoms in total. The molecule has 10 atom stereocenters. The number of allylic oxidation sites excluding steroid dienone is 13. The summed E-state index contributed by atoms with van der Waals surface area (Å²) >= 11 is 0. The summed E-state index contributed by atoms with van der Waals surface area (Å²) in [5.74, 6) is -1.41. The maximum absolute atomic E-state index is 12.9. The third-order valence-corrected chi connectivity index (χ3v) is 12.2. The lowest BCUT2D eigenvalue weighted by atomic mass is 9.85. The van der Waals surface area contributed by atoms with Crippen LogP contribution in [0.25, 0.3) is 0 Å². The predicted octanol–water partition coefficient (Wildman–Crippen LogP) is 8.39. The minimum absolute atomic E-state index is 0.0163. The molecule has 0 aromatic rings. The summed E-state index contributed by atoms with van der Waals surface area (Å²) in [6, 6.07) is 0. The highest BCUT2D eigenvalue weighted by Crippen LogP contribution is 2.47. The minimum Gasteiger partial charge on any atom is -0.462 e. The molecule has 0 aliphatic heterocycles. The zero-order valence-corrected chi connectivity index (χ0v) is 41.7. The Morgan fingerprint density at radius 1 is 0.529 bits per heavy atom. The lowest BCUT2D eigenvalue weighted by Gasteiger charge is -2.41. The van der Waals surface area contributed by atoms with Gasteiger partial charge in [0.15, 0.2) is 6.10 Å². The number of aliphatic hydroxyl groups is 7. The van der Waals surface area contributed by atoms with Crippen molar-refractivity contribution in [2.24, 2.45) is 0 Å². The van der Waals surface area contributed by atoms with Crippen molar-refractivity contribution in [1.82, 2.24) is 0 Å². The first kappa shape index (κ1) is 63.0. The number of hydrogen-bond donors (Lipinski definition) is 8. The third kappa shape index (κ3) is 32.0. The van der Waals surface area contributed by atoms with Crippen LogP contribution in [0.15, 0.2) is 85.1 Å². The molecule has 8 N–H and O–H groups in total. The third-order valence-electron chi connectivity index (χ3n) is 11.2. The van der Waals surface area contributed by atoms with Crippen molar-refractivity contribution in [3.8, 4) is 0 Å². The molecule has 1 fully saturated rings. The Balaban J connectivity index is 2.54. The van der Waals surface area contributed by atoms with Gasteiger partial charge in [-0.2, -0.15) is 0 Å². The number of phosphoric ester groups is 1. The number of carbonyl (C=O) groups excluding carboxylic acids is 2. The monoisotopic (exact) mass is 983 g/mol. The summed E-state index contributed by atoms with van der Waals surface area (Å²) in [5.41, 5.74) is 0. The van der Waals surface area contributed by atoms with E-state index < -0.39 is 87.9 Å². The number of hydrogen-bond acceptors (Lipinski definition) is 14. The van der Waals surface area contributed by atoms with Crippen molar-refractivity contribution in [2.45, 2.75) is 216 Å². The van der Waals surface area contributed by atoms with Gasteiger partial charge in [-0.25, -0.2) is 4.57 Å². The smallest absolute Gasteiger partial charge is 0.462 e. The van der Waals surface area contributed by atoms with E-state index in [1.807, 2.05) is 12.2 Å². The maximum Gasteiger partial charge on any atom is 0.472 e. The van der Waals surface area contributed by atoms with Crippen LogP contribution in [0, 0.1) is 0 Å². The standard InChI is InChI=1S/C52H87O15P/c1-3-5-7-9-11-13-15-17-18-19-20-21-22-23-24-26-28-30-32-34-38-46(56)66-42(41-65-68(62,63)67-52-50(60)48(58)47(57)49(59)51(52)61)40-64-45(55)39-35-37-44(54)43(53)36-33-31-29-27-25-16-14-12-10-8-6-4-2/h6,8,12-15,18-19,21-22,25,27,31,33,42-44,47-54,57-61H,3-5,7,9-11,16-17,20,23-24,26,28-30,32,34-41H2,1-2H3,(H,62,63)/b8-6-,14-12-,15-13-,19-18-,22-21-,27-25-,33-31-/t42-,43+,44+,47?,48-,49+,50-,51-,52?/m1/s1. The molecule has 1 aliphatic rings. The second kappa shape index (κ2) is 40.7. The summed E-state index contributed by atoms with van der Waals surface area (Å²) in [4.78, 5) is 35.9. The molecule has 1 saturated carbocycles. The molecule has 0 amide bonds. The molecule has 0 radical (unpaired) electrons. The number of esters is 2. The van der Waals surface area contributed by atoms with Crippen LogP contribution < -0.4 is 0 Å². The summed E-state index contributed by atoms with van der Waals surface area (Å²) in [7, 11) is -5.20. The highest BCUT2D eigenvalue weighted by atomic mass is 31.2. The number of phosphoric acid groups is 1. The van der Waals surface area contributed by atoms with Crippen LogP contribution in [0.4, 0.5) is 0 Å². The second-order valence-electron chi connectivity index (χ2n) is 17.2. The van der Waals surface area contributed by atoms with Gasteiger partial charge in [-0.15, -0.1) is 0 Å². The zero-order valence-electron chi connectivity index (χ0n) is 40.8. The van der Waals surface area contributed by atoms with E-state index in [0.29, 0.717) is 12.8 Å². The summed E-state index contributed by atoms with van der Waals surface area (Å²) in [5, 5.41) is 71.0. The van der Waals surface area contributed by atoms with Crippen LogP contribution in [-0.2, 0) is 32.7 Å². The van der Waals surface area contributed by atoms with Crippen LogP contribution in [-0.4, -0.2) is 121 Å². The number of rotatable bonds is 40. The average Bonchev–Trinajstić information content (AvgIpc) is 3.32. The normalized spacial score (nSPS) is 22.7. The number of carbonyl (C=O) groups is 2. The molecular formula is C52H87O15P. The van der Waals surface area contributed by atoms with Crippen LogP contribution >= 0.6 is 7.82 Å². The Bertz CT molecular complexity index is 1540. The lowest BCUT2D eigenvalue weighted by Crippen LogP contribution is -2.64. The van der Waals surface area contributed by atoms with Gasteiger partial charge in [-0.05, 0) is 89.9 Å². The van der Waals surface area contributed by atoms with Gasteiger partial charge in [0.1, 0.15) is 43.2 Å². The van der Waals surface area contributed by atoms with Gasteiger partial charge < -0.3 is 50.1 Å². The average molecular weight is 983 g/mol. The topological polar surface area (TPSA) is 250 Å². The molecule has 1 aliphatic carbocycles. The lowest BCUT2D eigenvalue weighted by molar-refractivity contribution is -0.220. The molecular weight excluding hydrogens is 896 g/mol. The molecule has 68 heavy (non-hydrogen) atoms. The van der Waals surface area contributed by atoms with E-state index in [2.05, 4.69) is 80.7 Å². The molecule has 0 aromatic heterocycles. The van der Waals surface area contributed by atoms with Gasteiger partial charge in [0.25, 0.3) is 0 Å². The Morgan fingerprint density at radius 3 is 1.53 bits per heavy atom. The Morgan fingerprint density at radius 2 is 0.985 bits per heavy atom. The fourth-order valence-corrected chi connectivity index (χ4v) is 8.00. The van der Waals surface area contributed by atoms with Gasteiger partial charge in [0.2, 0.25) is 0 Å². The van der Waals surface area contributed by atoms with E-state index in [1.54, 1.807) is 6.08 Å². The van der Waals surface area contributed by atoms with E-state index in [4.69, 9.17) is 18.5 Å². The highest BCUT2D eigenvalue weighted by molar-refractivity contribution is 7.47. The first-order valence-corrected chi connectivity index (χ1v) is 26.6. The first-order valence-electron chi connectivity index (χ1n) is 25.1. The van der Waals surface area contributed by atoms with E-state index in [1.165, 1.54) is 25.7 Å². The zero-order chi connectivity index (χ0) is 50.3. The predicted molar refractivity (Wildman–Crippen MR) is 265 cm³/mol. The van der Waals surface area contributed by atoms with Crippen molar-refractivity contribution in [1.29, 1.82) is 0 Å². The minimum atomic E-state index is -5.20. The molecule has 1 rings (SSSR count). The van der Waals surface area contributed by atoms with E-state index in [0.717, 1.165) is 77.0 Å². The summed E-state index contributed by atoms with van der Waals surface area (Å²) in [6.07, 6.45) is 32.0. The molecule has 0 aromatic carbocycles. The van der Waals surface area contributed by atoms with Crippen LogP contribution in [0.2, 0.25) is 0 Å². The van der Waals surface area contributed by atoms with Crippen LogP contribution in [0.3, 0.4) is 0 Å². The first-order chi connectivity index (χ1) is 32.7. The Labute approximate surface area is 406 Å². The molecule has 390 valence electrons. The number of ether oxygens (including phenoxy) is 2. The van der Waals surface area contributed by atoms with Crippen molar-refractivity contribution in [3.05, 3.63) is 85.1 Å². The SMILES string of the molecule is CC/C=C\C/C=C\C/C=C\C/C=C\C[C@H](O)[C@@H](O)CCCC(=O)OC[C@H](COP(=O)(O)OC1[C@H](O)[C@H](O)C(O)[C@H](O)[C@H]1O)OC(=O)CCCCCCCC/C=C\C/C=C\C/C=C\CCCCCC. The fraction of sp³-hybridized carbons (Fsp3) is 0.692. The molecule has 3 unspecified atom stereocenters. The fourth-order valence-electron chi connectivity index (χ4n) is 7.03. The summed E-state index contributed by atoms with van der Waals surface area (Å²) in [6.45, 7) is 2.90. The highest BCUT2D eigenvalue weighted by Gasteiger charge is 2.51. The number of unbranched alkanes of at least 4 members (excludes halogenated alkanes) is 10. The Hall–Kier alpha value is -3.05. The molecule has 0 saturated heterocycles. The molecule has 16 heteroatoms. The van der Waals surface area contributed by atoms with Gasteiger partial charge in [-0.1, -0.05) is 144 Å². The van der Waals surface area contributed by atoms with Crippen molar-refractivity contribution < 1.29 is 73.3 Å². The van der Waals surface area contributed by atoms with E-state index in [9.17, 15) is 54.8 Å². The molecule has 0 bridgehead atoms. The van der Waals surface area contributed by atoms with Crippen LogP contribution in [0.5, 0.6) is 0 Å². The quantitative estimate of drug-likeness (QED) is 0.0124. The maximum atomic E-state index is 12.9. The molecule has 0 spiro atoms. The van der Waals surface area contributed by atoms with Crippen molar-refractivity contribution >= 4 is 19.8 Å². The van der Waals surface area contributed by atoms with E-state index >= 15 is 0 Å². The Kier molecular flexibility index (Phi) is 37.6. The largest absolute Gasteiger partial charge is 0.472 e. The second-order valence-corrected chi connectivity index (χ2v) is 18.6. The van der Waals surface area contributed by atoms with Gasteiger partial charge >= 0.3 is 19.8 Å². The van der Waals surface area contributed by atoms with Crippen molar-refractivity contribution in [2.75, 3.05) is 13.2 Å². The van der Waals surface area contributed by atoms with Crippen LogP contribution in [0.1, 0.15) is 162 Å². The van der Waals surface area contributed by atoms with Gasteiger partial charge in [0.05, 0.1) is 18.8 Å². The van der Waals surface area contributed by atoms with Gasteiger partial charge in [-0.3, -0.25) is 18.6 Å². The molecule has 0 heterocycles. The van der Waals surface area contributed by atoms with Gasteiger partial charge in [0, 0.05) is 12.8 Å². The summed E-state index contributed by atoms with van der Waals surface area (Å²) < 4.78 is 33.4.